The van der Waals surface area contributed by atoms with E-state index in [2.05, 4.69) is 14.9 Å². The van der Waals surface area contributed by atoms with Crippen LogP contribution >= 0.6 is 0 Å². The number of nitrogens with one attached hydrogen (secondary N) is 1. The number of hydrogen-bond acceptors (Lipinski definition) is 2. The Morgan fingerprint density at radius 2 is 2.18 bits per heavy atom. The molecule has 0 aliphatic heterocycles. The van der Waals surface area contributed by atoms with Gasteiger partial charge in [0.2, 0.25) is 5.91 Å². The van der Waals surface area contributed by atoms with Crippen molar-refractivity contribution in [2.75, 3.05) is 6.54 Å². The summed E-state index contributed by atoms with van der Waals surface area (Å²) in [6.07, 6.45) is 0.346. The summed E-state index contributed by atoms with van der Waals surface area (Å²) < 4.78 is 27.6. The minimum Gasteiger partial charge on any atom is -0.356 e. The number of para-hydroxylation sites is 2. The second-order valence-corrected chi connectivity index (χ2v) is 5.73. The molecule has 1 aliphatic carbocycles. The zero-order valence-corrected chi connectivity index (χ0v) is 12.5. The van der Waals surface area contributed by atoms with Gasteiger partial charge in [0, 0.05) is 38.3 Å². The lowest BCUT2D eigenvalue weighted by atomic mass is 10.2. The maximum atomic E-state index is 12.8. The minimum atomic E-state index is -2.63. The van der Waals surface area contributed by atoms with Gasteiger partial charge in [-0.1, -0.05) is 12.1 Å². The molecule has 0 radical (unpaired) electrons. The molecule has 1 atom stereocenters. The van der Waals surface area contributed by atoms with Gasteiger partial charge < -0.3 is 9.88 Å². The maximum absolute atomic E-state index is 12.8. The second-order valence-electron chi connectivity index (χ2n) is 5.73. The number of aryl methyl sites for hydroxylation is 1. The summed E-state index contributed by atoms with van der Waals surface area (Å²) in [6.45, 7) is 3.27. The monoisotopic (exact) mass is 307 g/mol. The number of imidazole rings is 1. The lowest BCUT2D eigenvalue weighted by Crippen LogP contribution is -2.27. The summed E-state index contributed by atoms with van der Waals surface area (Å²) in [6, 6.07) is 7.89. The van der Waals surface area contributed by atoms with Crippen molar-refractivity contribution >= 4 is 16.9 Å². The van der Waals surface area contributed by atoms with Crippen LogP contribution in [0.2, 0.25) is 0 Å². The van der Waals surface area contributed by atoms with Crippen molar-refractivity contribution in [2.24, 2.45) is 5.92 Å². The van der Waals surface area contributed by atoms with Crippen LogP contribution in [0, 0.1) is 5.92 Å². The molecule has 1 N–H and O–H groups in total. The fraction of sp³-hybridized carbons (Fsp3) is 0.500. The van der Waals surface area contributed by atoms with Crippen LogP contribution in [0.3, 0.4) is 0 Å². The summed E-state index contributed by atoms with van der Waals surface area (Å²) in [4.78, 5) is 16.2. The summed E-state index contributed by atoms with van der Waals surface area (Å²) in [7, 11) is 0. The highest BCUT2D eigenvalue weighted by molar-refractivity contribution is 5.77. The Morgan fingerprint density at radius 1 is 1.45 bits per heavy atom. The maximum Gasteiger partial charge on any atom is 0.252 e. The van der Waals surface area contributed by atoms with Gasteiger partial charge in [-0.3, -0.25) is 4.79 Å². The quantitative estimate of drug-likeness (QED) is 0.892. The van der Waals surface area contributed by atoms with Crippen molar-refractivity contribution < 1.29 is 13.6 Å². The summed E-state index contributed by atoms with van der Waals surface area (Å²) >= 11 is 0. The van der Waals surface area contributed by atoms with Crippen LogP contribution in [0.4, 0.5) is 8.78 Å². The average molecular weight is 307 g/mol. The number of nitrogens with zero attached hydrogens (tertiary/aromatic N) is 2. The van der Waals surface area contributed by atoms with Crippen LogP contribution in [-0.4, -0.2) is 27.9 Å². The first kappa shape index (κ1) is 14.9. The van der Waals surface area contributed by atoms with Gasteiger partial charge in [-0.05, 0) is 19.1 Å². The van der Waals surface area contributed by atoms with Crippen molar-refractivity contribution in [1.29, 1.82) is 0 Å². The van der Waals surface area contributed by atoms with E-state index >= 15 is 0 Å². The molecule has 0 saturated heterocycles. The van der Waals surface area contributed by atoms with Crippen molar-refractivity contribution in [3.8, 4) is 0 Å². The normalized spacial score (nSPS) is 19.3. The smallest absolute Gasteiger partial charge is 0.252 e. The van der Waals surface area contributed by atoms with Crippen LogP contribution in [0.25, 0.3) is 11.0 Å². The van der Waals surface area contributed by atoms with Gasteiger partial charge in [-0.2, -0.15) is 0 Å². The number of hydrogen-bond donors (Lipinski definition) is 1. The molecule has 1 aromatic carbocycles. The summed E-state index contributed by atoms with van der Waals surface area (Å²) in [5.41, 5.74) is 2.01. The lowest BCUT2D eigenvalue weighted by Gasteiger charge is -2.07. The average Bonchev–Trinajstić information content (AvgIpc) is 2.93. The Bertz CT molecular complexity index is 696. The molecule has 1 heterocycles. The molecule has 1 fully saturated rings. The van der Waals surface area contributed by atoms with Gasteiger partial charge in [-0.15, -0.1) is 0 Å². The van der Waals surface area contributed by atoms with Crippen LogP contribution in [0.15, 0.2) is 24.3 Å². The number of rotatable bonds is 6. The van der Waals surface area contributed by atoms with Gasteiger partial charge in [0.05, 0.1) is 11.0 Å². The molecular weight excluding hydrogens is 288 g/mol. The highest BCUT2D eigenvalue weighted by Gasteiger charge is 2.57. The number of halogens is 2. The number of benzene rings is 1. The molecule has 1 saturated carbocycles. The van der Waals surface area contributed by atoms with E-state index < -0.39 is 11.8 Å². The number of alkyl halides is 2. The highest BCUT2D eigenvalue weighted by atomic mass is 19.3. The Labute approximate surface area is 127 Å². The number of carbonyl (C=O) groups is 1. The van der Waals surface area contributed by atoms with E-state index in [1.807, 2.05) is 31.2 Å². The third-order valence-corrected chi connectivity index (χ3v) is 4.11. The van der Waals surface area contributed by atoms with Crippen LogP contribution in [0.1, 0.15) is 25.6 Å². The van der Waals surface area contributed by atoms with Crippen molar-refractivity contribution in [1.82, 2.24) is 14.9 Å². The molecule has 2 aromatic rings. The van der Waals surface area contributed by atoms with Gasteiger partial charge in [0.15, 0.2) is 0 Å². The van der Waals surface area contributed by atoms with E-state index in [1.54, 1.807) is 0 Å². The molecule has 0 bridgehead atoms. The highest BCUT2D eigenvalue weighted by Crippen LogP contribution is 2.50. The number of aromatic nitrogens is 2. The van der Waals surface area contributed by atoms with Crippen LogP contribution in [-0.2, 0) is 17.8 Å². The van der Waals surface area contributed by atoms with E-state index in [9.17, 15) is 13.6 Å². The molecule has 118 valence electrons. The molecule has 3 rings (SSSR count). The molecule has 1 unspecified atom stereocenters. The third kappa shape index (κ3) is 2.96. The predicted molar refractivity (Wildman–Crippen MR) is 79.8 cm³/mol. The number of fused-ring (bicyclic) bond motifs is 1. The Balaban J connectivity index is 1.56. The Kier molecular flexibility index (Phi) is 3.85. The van der Waals surface area contributed by atoms with Gasteiger partial charge in [-0.25, -0.2) is 13.8 Å². The first-order valence-corrected chi connectivity index (χ1v) is 7.60. The van der Waals surface area contributed by atoms with Crippen molar-refractivity contribution in [3.63, 3.8) is 0 Å². The topological polar surface area (TPSA) is 46.9 Å². The number of carbonyl (C=O) groups excluding carboxylic acids is 1. The number of amides is 1. The molecule has 6 heteroatoms. The van der Waals surface area contributed by atoms with E-state index in [1.165, 1.54) is 0 Å². The van der Waals surface area contributed by atoms with Gasteiger partial charge >= 0.3 is 0 Å². The third-order valence-electron chi connectivity index (χ3n) is 4.11. The van der Waals surface area contributed by atoms with Crippen LogP contribution in [0.5, 0.6) is 0 Å². The van der Waals surface area contributed by atoms with E-state index in [4.69, 9.17) is 0 Å². The lowest BCUT2D eigenvalue weighted by molar-refractivity contribution is -0.122. The van der Waals surface area contributed by atoms with Gasteiger partial charge in [0.25, 0.3) is 5.92 Å². The van der Waals surface area contributed by atoms with E-state index in [-0.39, 0.29) is 18.7 Å². The Morgan fingerprint density at radius 3 is 2.86 bits per heavy atom. The SMILES string of the molecule is CCn1c(CCNC(=O)CC2CC2(F)F)nc2ccccc21. The first-order chi connectivity index (χ1) is 10.5. The summed E-state index contributed by atoms with van der Waals surface area (Å²) in [5.74, 6) is -2.80. The fourth-order valence-corrected chi connectivity index (χ4v) is 2.77. The van der Waals surface area contributed by atoms with E-state index in [0.29, 0.717) is 13.0 Å². The molecule has 22 heavy (non-hydrogen) atoms. The predicted octanol–water partition coefficient (Wildman–Crippen LogP) is 2.76. The molecular formula is C16H19F2N3O. The molecule has 1 amide bonds. The van der Waals surface area contributed by atoms with Crippen molar-refractivity contribution in [3.05, 3.63) is 30.1 Å². The zero-order valence-electron chi connectivity index (χ0n) is 12.5. The molecule has 4 nitrogen and oxygen atoms in total. The Hall–Kier alpha value is -1.98. The second kappa shape index (κ2) is 5.66. The van der Waals surface area contributed by atoms with Crippen LogP contribution < -0.4 is 5.32 Å². The standard InChI is InChI=1S/C16H19F2N3O/c1-2-21-13-6-4-3-5-12(13)20-14(21)7-8-19-15(22)9-11-10-16(11,17)18/h3-6,11H,2,7-10H2,1H3,(H,19,22). The largest absolute Gasteiger partial charge is 0.356 e. The van der Waals surface area contributed by atoms with Crippen molar-refractivity contribution in [2.45, 2.75) is 38.7 Å². The minimum absolute atomic E-state index is 0.0861. The summed E-state index contributed by atoms with van der Waals surface area (Å²) in [5, 5.41) is 2.71. The molecule has 1 aliphatic rings. The molecule has 1 aromatic heterocycles. The van der Waals surface area contributed by atoms with Gasteiger partial charge in [0.1, 0.15) is 5.82 Å². The zero-order chi connectivity index (χ0) is 15.7. The molecule has 0 spiro atoms. The fourth-order valence-electron chi connectivity index (χ4n) is 2.77. The first-order valence-electron chi connectivity index (χ1n) is 7.60. The van der Waals surface area contributed by atoms with E-state index in [0.717, 1.165) is 23.4 Å².